The lowest BCUT2D eigenvalue weighted by Gasteiger charge is -2.40. The van der Waals surface area contributed by atoms with E-state index in [1.807, 2.05) is 18.7 Å². The van der Waals surface area contributed by atoms with E-state index < -0.39 is 5.41 Å². The van der Waals surface area contributed by atoms with E-state index in [1.165, 1.54) is 0 Å². The Morgan fingerprint density at radius 2 is 1.75 bits per heavy atom. The van der Waals surface area contributed by atoms with Gasteiger partial charge in [0.05, 0.1) is 5.41 Å². The smallest absolute Gasteiger partial charge is 0.229 e. The molecule has 0 aromatic carbocycles. The lowest BCUT2D eigenvalue weighted by atomic mass is 9.81. The molecule has 0 spiro atoms. The largest absolute Gasteiger partial charge is 0.342 e. The Kier molecular flexibility index (Phi) is 5.27. The third kappa shape index (κ3) is 3.63. The minimum absolute atomic E-state index is 0. The molecule has 1 saturated heterocycles. The van der Waals surface area contributed by atoms with E-state index in [-0.39, 0.29) is 18.3 Å². The first-order chi connectivity index (χ1) is 6.78. The molecule has 0 bridgehead atoms. The number of rotatable bonds is 2. The first kappa shape index (κ1) is 15.7. The van der Waals surface area contributed by atoms with Crippen molar-refractivity contribution in [3.63, 3.8) is 0 Å². The van der Waals surface area contributed by atoms with Crippen LogP contribution in [0.25, 0.3) is 0 Å². The Morgan fingerprint density at radius 1 is 1.31 bits per heavy atom. The summed E-state index contributed by atoms with van der Waals surface area (Å²) in [6.07, 6.45) is 2.19. The van der Waals surface area contributed by atoms with Gasteiger partial charge < -0.3 is 10.6 Å². The predicted octanol–water partition coefficient (Wildman–Crippen LogP) is 2.04. The van der Waals surface area contributed by atoms with Gasteiger partial charge in [0.2, 0.25) is 5.91 Å². The van der Waals surface area contributed by atoms with E-state index in [0.29, 0.717) is 12.0 Å². The molecule has 0 radical (unpaired) electrons. The Hall–Kier alpha value is -0.280. The molecule has 1 aliphatic heterocycles. The molecule has 0 aliphatic carbocycles. The molecule has 1 rings (SSSR count). The summed E-state index contributed by atoms with van der Waals surface area (Å²) in [4.78, 5) is 14.1. The summed E-state index contributed by atoms with van der Waals surface area (Å²) in [5.74, 6) is 0.209. The van der Waals surface area contributed by atoms with E-state index >= 15 is 0 Å². The molecule has 4 heteroatoms. The maximum absolute atomic E-state index is 12.1. The lowest BCUT2D eigenvalue weighted by molar-refractivity contribution is -0.141. The number of piperidine rings is 1. The van der Waals surface area contributed by atoms with Gasteiger partial charge in [0.15, 0.2) is 0 Å². The van der Waals surface area contributed by atoms with E-state index in [0.717, 1.165) is 25.9 Å². The van der Waals surface area contributed by atoms with Crippen LogP contribution in [0.4, 0.5) is 0 Å². The minimum Gasteiger partial charge on any atom is -0.342 e. The Labute approximate surface area is 105 Å². The van der Waals surface area contributed by atoms with E-state index in [9.17, 15) is 4.79 Å². The molecule has 3 nitrogen and oxygen atoms in total. The van der Waals surface area contributed by atoms with Crippen molar-refractivity contribution in [3.8, 4) is 0 Å². The van der Waals surface area contributed by atoms with Crippen LogP contribution >= 0.6 is 12.4 Å². The molecule has 1 fully saturated rings. The van der Waals surface area contributed by atoms with Crippen molar-refractivity contribution in [2.75, 3.05) is 19.6 Å². The van der Waals surface area contributed by atoms with E-state index in [2.05, 4.69) is 13.8 Å². The second-order valence-electron chi connectivity index (χ2n) is 6.04. The number of likely N-dealkylation sites (tertiary alicyclic amines) is 1. The number of nitrogens with two attached hydrogens (primary N) is 1. The number of hydrogen-bond acceptors (Lipinski definition) is 2. The van der Waals surface area contributed by atoms with Gasteiger partial charge in [-0.1, -0.05) is 13.8 Å². The van der Waals surface area contributed by atoms with Gasteiger partial charge in [0.25, 0.3) is 0 Å². The third-order valence-corrected chi connectivity index (χ3v) is 3.49. The summed E-state index contributed by atoms with van der Waals surface area (Å²) >= 11 is 0. The second kappa shape index (κ2) is 5.37. The number of carbonyl (C=O) groups excluding carboxylic acids is 1. The van der Waals surface area contributed by atoms with Gasteiger partial charge in [0.1, 0.15) is 0 Å². The van der Waals surface area contributed by atoms with Crippen molar-refractivity contribution in [2.45, 2.75) is 40.5 Å². The van der Waals surface area contributed by atoms with Gasteiger partial charge >= 0.3 is 0 Å². The van der Waals surface area contributed by atoms with Crippen LogP contribution in [-0.2, 0) is 4.79 Å². The van der Waals surface area contributed by atoms with Gasteiger partial charge in [-0.3, -0.25) is 4.79 Å². The van der Waals surface area contributed by atoms with Crippen molar-refractivity contribution in [2.24, 2.45) is 16.6 Å². The summed E-state index contributed by atoms with van der Waals surface area (Å²) in [5.41, 5.74) is 5.61. The number of halogens is 1. The van der Waals surface area contributed by atoms with Crippen molar-refractivity contribution in [1.29, 1.82) is 0 Å². The third-order valence-electron chi connectivity index (χ3n) is 3.49. The van der Waals surface area contributed by atoms with Crippen LogP contribution in [0.3, 0.4) is 0 Å². The first-order valence-electron chi connectivity index (χ1n) is 5.78. The Bertz CT molecular complexity index is 241. The topological polar surface area (TPSA) is 46.3 Å². The molecular formula is C12H25ClN2O. The molecule has 0 aromatic heterocycles. The molecule has 0 saturated carbocycles. The highest BCUT2D eigenvalue weighted by Gasteiger charge is 2.34. The molecule has 1 heterocycles. The number of hydrogen-bond donors (Lipinski definition) is 1. The molecule has 1 amide bonds. The maximum atomic E-state index is 12.1. The molecule has 0 atom stereocenters. The summed E-state index contributed by atoms with van der Waals surface area (Å²) in [6.45, 7) is 10.6. The van der Waals surface area contributed by atoms with Gasteiger partial charge in [0, 0.05) is 19.6 Å². The van der Waals surface area contributed by atoms with Crippen LogP contribution < -0.4 is 5.73 Å². The van der Waals surface area contributed by atoms with Gasteiger partial charge in [-0.25, -0.2) is 0 Å². The molecule has 96 valence electrons. The molecule has 1 aliphatic rings. The molecular weight excluding hydrogens is 224 g/mol. The number of carbonyl (C=O) groups is 1. The minimum atomic E-state index is -0.401. The zero-order valence-corrected chi connectivity index (χ0v) is 11.7. The summed E-state index contributed by atoms with van der Waals surface area (Å²) in [7, 11) is 0. The molecule has 0 aromatic rings. The van der Waals surface area contributed by atoms with Crippen molar-refractivity contribution < 1.29 is 4.79 Å². The van der Waals surface area contributed by atoms with Crippen molar-refractivity contribution in [1.82, 2.24) is 4.90 Å². The van der Waals surface area contributed by atoms with Crippen LogP contribution in [0.2, 0.25) is 0 Å². The first-order valence-corrected chi connectivity index (χ1v) is 5.78. The van der Waals surface area contributed by atoms with E-state index in [1.54, 1.807) is 0 Å². The maximum Gasteiger partial charge on any atom is 0.229 e. The molecule has 0 unspecified atom stereocenters. The van der Waals surface area contributed by atoms with Gasteiger partial charge in [-0.15, -0.1) is 12.4 Å². The van der Waals surface area contributed by atoms with Crippen LogP contribution in [-0.4, -0.2) is 30.4 Å². The highest BCUT2D eigenvalue weighted by molar-refractivity contribution is 5.85. The fourth-order valence-electron chi connectivity index (χ4n) is 1.83. The highest BCUT2D eigenvalue weighted by Crippen LogP contribution is 2.31. The number of nitrogens with zero attached hydrogens (tertiary/aromatic N) is 1. The lowest BCUT2D eigenvalue weighted by Crippen LogP contribution is -2.49. The fraction of sp³-hybridized carbons (Fsp3) is 0.917. The quantitative estimate of drug-likeness (QED) is 0.813. The molecule has 16 heavy (non-hydrogen) atoms. The van der Waals surface area contributed by atoms with Crippen LogP contribution in [0.15, 0.2) is 0 Å². The highest BCUT2D eigenvalue weighted by atomic mass is 35.5. The number of amides is 1. The van der Waals surface area contributed by atoms with Crippen molar-refractivity contribution >= 4 is 18.3 Å². The van der Waals surface area contributed by atoms with Crippen LogP contribution in [0.5, 0.6) is 0 Å². The normalized spacial score (nSPS) is 20.2. The zero-order chi connectivity index (χ0) is 11.7. The van der Waals surface area contributed by atoms with Crippen molar-refractivity contribution in [3.05, 3.63) is 0 Å². The summed E-state index contributed by atoms with van der Waals surface area (Å²) in [6, 6.07) is 0. The Balaban J connectivity index is 0.00000225. The monoisotopic (exact) mass is 248 g/mol. The van der Waals surface area contributed by atoms with Crippen LogP contribution in [0.1, 0.15) is 40.5 Å². The SMILES string of the molecule is CC1(C)CCN(C(=O)C(C)(C)CN)CC1.Cl. The van der Waals surface area contributed by atoms with Gasteiger partial charge in [-0.05, 0) is 32.1 Å². The van der Waals surface area contributed by atoms with E-state index in [4.69, 9.17) is 5.73 Å². The van der Waals surface area contributed by atoms with Gasteiger partial charge in [-0.2, -0.15) is 0 Å². The van der Waals surface area contributed by atoms with Crippen LogP contribution in [0, 0.1) is 10.8 Å². The second-order valence-corrected chi connectivity index (χ2v) is 6.04. The zero-order valence-electron chi connectivity index (χ0n) is 10.9. The fourth-order valence-corrected chi connectivity index (χ4v) is 1.83. The average Bonchev–Trinajstić information content (AvgIpc) is 2.17. The summed E-state index contributed by atoms with van der Waals surface area (Å²) < 4.78 is 0. The summed E-state index contributed by atoms with van der Waals surface area (Å²) in [5, 5.41) is 0. The molecule has 2 N–H and O–H groups in total. The average molecular weight is 249 g/mol. The predicted molar refractivity (Wildman–Crippen MR) is 69.7 cm³/mol. The Morgan fingerprint density at radius 3 is 2.12 bits per heavy atom. The standard InChI is InChI=1S/C12H24N2O.ClH/c1-11(2)5-7-14(8-6-11)10(15)12(3,4)9-13;/h5-9,13H2,1-4H3;1H.